The van der Waals surface area contributed by atoms with E-state index < -0.39 is 40.6 Å². The van der Waals surface area contributed by atoms with E-state index in [-0.39, 0.29) is 69.0 Å². The predicted molar refractivity (Wildman–Crippen MR) is 140 cm³/mol. The number of benzene rings is 2. The van der Waals surface area contributed by atoms with Gasteiger partial charge in [0.1, 0.15) is 12.1 Å². The number of nitrogens with one attached hydrogen (secondary N) is 1. The summed E-state index contributed by atoms with van der Waals surface area (Å²) in [6.45, 7) is 1.49. The molecule has 2 amide bonds. The van der Waals surface area contributed by atoms with Crippen LogP contribution in [0.2, 0.25) is 0 Å². The van der Waals surface area contributed by atoms with E-state index in [4.69, 9.17) is 5.26 Å². The van der Waals surface area contributed by atoms with Crippen molar-refractivity contribution < 1.29 is 35.9 Å². The van der Waals surface area contributed by atoms with Gasteiger partial charge in [0.25, 0.3) is 0 Å². The fourth-order valence-electron chi connectivity index (χ4n) is 5.07. The number of rotatable bonds is 6. The molecule has 2 aromatic carbocycles. The zero-order chi connectivity index (χ0) is 30.7. The number of anilines is 2. The van der Waals surface area contributed by atoms with Crippen LogP contribution in [0.1, 0.15) is 36.0 Å². The molecule has 0 unspecified atom stereocenters. The fourth-order valence-corrected chi connectivity index (χ4v) is 5.07. The Morgan fingerprint density at radius 3 is 2.00 bits per heavy atom. The summed E-state index contributed by atoms with van der Waals surface area (Å²) in [5, 5.41) is 14.4. The molecule has 0 atom stereocenters. The molecule has 2 aliphatic heterocycles. The van der Waals surface area contributed by atoms with Crippen LogP contribution in [0.15, 0.2) is 41.6 Å². The van der Waals surface area contributed by atoms with Crippen LogP contribution in [-0.2, 0) is 21.9 Å². The molecular formula is C27H26F6N6O3. The molecule has 0 aromatic heterocycles. The number of nitrogens with zero attached hydrogens (tertiary/aromatic N) is 5. The van der Waals surface area contributed by atoms with E-state index in [1.807, 2.05) is 0 Å². The quantitative estimate of drug-likeness (QED) is 0.281. The minimum atomic E-state index is -4.74. The van der Waals surface area contributed by atoms with Crippen molar-refractivity contribution >= 4 is 28.9 Å². The number of piperazine rings is 1. The highest BCUT2D eigenvalue weighted by molar-refractivity contribution is 5.97. The fraction of sp³-hybridized carbons (Fsp3) is 0.444. The van der Waals surface area contributed by atoms with Gasteiger partial charge in [-0.2, -0.15) is 31.6 Å². The Morgan fingerprint density at radius 2 is 1.45 bits per heavy atom. The number of carbonyl (C=O) groups is 2. The van der Waals surface area contributed by atoms with Gasteiger partial charge in [-0.25, -0.2) is 0 Å². The molecule has 42 heavy (non-hydrogen) atoms. The number of carbonyl (C=O) groups excluding carboxylic acids is 2. The number of amides is 2. The Morgan fingerprint density at radius 1 is 0.857 bits per heavy atom. The first-order chi connectivity index (χ1) is 19.8. The number of nitroso groups, excluding NO2 is 1. The van der Waals surface area contributed by atoms with Gasteiger partial charge in [-0.05, 0) is 54.4 Å². The summed E-state index contributed by atoms with van der Waals surface area (Å²) in [5.74, 6) is -0.789. The first kappa shape index (κ1) is 30.6. The molecule has 2 aromatic rings. The van der Waals surface area contributed by atoms with Gasteiger partial charge in [-0.3, -0.25) is 9.59 Å². The van der Waals surface area contributed by atoms with Crippen LogP contribution in [0, 0.1) is 16.2 Å². The zero-order valence-corrected chi connectivity index (χ0v) is 22.1. The standard InChI is InChI=1S/C27H26F6N6O3/c28-26(29,30)21-14-20(3-1-17(21)16-34)37-9-11-39(12-10-37)25(41)15-24(40)38-7-5-18(6-8-38)35-19-2-4-23(36-42)22(13-19)27(31,32)33/h1-4,13-14,18,35H,5-12,15H2. The van der Waals surface area contributed by atoms with Crippen molar-refractivity contribution in [1.29, 1.82) is 5.26 Å². The molecule has 15 heteroatoms. The van der Waals surface area contributed by atoms with E-state index in [2.05, 4.69) is 10.5 Å². The van der Waals surface area contributed by atoms with Crippen molar-refractivity contribution in [3.63, 3.8) is 0 Å². The number of piperidine rings is 1. The predicted octanol–water partition coefficient (Wildman–Crippen LogP) is 5.14. The average molecular weight is 597 g/mol. The molecule has 0 saturated carbocycles. The summed E-state index contributed by atoms with van der Waals surface area (Å²) in [6, 6.07) is 7.93. The third-order valence-electron chi connectivity index (χ3n) is 7.35. The molecule has 2 fully saturated rings. The van der Waals surface area contributed by atoms with Gasteiger partial charge in [0.05, 0.1) is 22.8 Å². The largest absolute Gasteiger partial charge is 0.418 e. The molecule has 1 N–H and O–H groups in total. The third-order valence-corrected chi connectivity index (χ3v) is 7.35. The summed E-state index contributed by atoms with van der Waals surface area (Å²) in [4.78, 5) is 40.9. The van der Waals surface area contributed by atoms with Crippen LogP contribution < -0.4 is 10.2 Å². The van der Waals surface area contributed by atoms with Crippen molar-refractivity contribution in [2.24, 2.45) is 5.18 Å². The van der Waals surface area contributed by atoms with Gasteiger partial charge < -0.3 is 20.0 Å². The number of halogens is 6. The van der Waals surface area contributed by atoms with Crippen molar-refractivity contribution in [1.82, 2.24) is 9.80 Å². The summed E-state index contributed by atoms with van der Waals surface area (Å²) in [7, 11) is 0. The van der Waals surface area contributed by atoms with Crippen LogP contribution in [0.25, 0.3) is 0 Å². The van der Waals surface area contributed by atoms with E-state index in [1.54, 1.807) is 11.0 Å². The normalized spacial score (nSPS) is 16.6. The van der Waals surface area contributed by atoms with Crippen LogP contribution in [0.3, 0.4) is 0 Å². The van der Waals surface area contributed by atoms with Crippen molar-refractivity contribution in [3.05, 3.63) is 58.0 Å². The van der Waals surface area contributed by atoms with Crippen LogP contribution >= 0.6 is 0 Å². The highest BCUT2D eigenvalue weighted by atomic mass is 19.4. The number of hydrogen-bond acceptors (Lipinski definition) is 7. The highest BCUT2D eigenvalue weighted by Crippen LogP contribution is 2.38. The maximum atomic E-state index is 13.3. The Kier molecular flexibility index (Phi) is 8.93. The van der Waals surface area contributed by atoms with Gasteiger partial charge in [0.2, 0.25) is 11.8 Å². The molecule has 224 valence electrons. The summed E-state index contributed by atoms with van der Waals surface area (Å²) in [6.07, 6.45) is -8.93. The van der Waals surface area contributed by atoms with Crippen LogP contribution in [-0.4, -0.2) is 66.9 Å². The molecule has 2 heterocycles. The molecule has 4 rings (SSSR count). The van der Waals surface area contributed by atoms with Crippen molar-refractivity contribution in [2.75, 3.05) is 49.5 Å². The van der Waals surface area contributed by atoms with Crippen molar-refractivity contribution in [3.8, 4) is 6.07 Å². The number of nitriles is 1. The van der Waals surface area contributed by atoms with Gasteiger partial charge in [0, 0.05) is 56.7 Å². The van der Waals surface area contributed by atoms with Crippen LogP contribution in [0.5, 0.6) is 0 Å². The Labute approximate surface area is 236 Å². The first-order valence-electron chi connectivity index (χ1n) is 13.0. The minimum Gasteiger partial charge on any atom is -0.382 e. The van der Waals surface area contributed by atoms with Gasteiger partial charge in [0.15, 0.2) is 0 Å². The average Bonchev–Trinajstić information content (AvgIpc) is 2.96. The topological polar surface area (TPSA) is 109 Å². The van der Waals surface area contributed by atoms with E-state index in [9.17, 15) is 40.8 Å². The lowest BCUT2D eigenvalue weighted by Crippen LogP contribution is -2.50. The molecule has 0 bridgehead atoms. The van der Waals surface area contributed by atoms with E-state index in [0.29, 0.717) is 12.8 Å². The van der Waals surface area contributed by atoms with E-state index >= 15 is 0 Å². The second-order valence-electron chi connectivity index (χ2n) is 10.0. The van der Waals surface area contributed by atoms with Gasteiger partial charge in [-0.15, -0.1) is 4.91 Å². The maximum Gasteiger partial charge on any atom is 0.418 e. The lowest BCUT2D eigenvalue weighted by molar-refractivity contribution is -0.141. The number of likely N-dealkylation sites (tertiary alicyclic amines) is 1. The molecule has 0 radical (unpaired) electrons. The molecular weight excluding hydrogens is 570 g/mol. The van der Waals surface area contributed by atoms with Crippen LogP contribution in [0.4, 0.5) is 43.4 Å². The minimum absolute atomic E-state index is 0.171. The summed E-state index contributed by atoms with van der Waals surface area (Å²) < 4.78 is 79.5. The Bertz CT molecular complexity index is 1370. The van der Waals surface area contributed by atoms with Crippen molar-refractivity contribution in [2.45, 2.75) is 37.7 Å². The highest BCUT2D eigenvalue weighted by Gasteiger charge is 2.36. The smallest absolute Gasteiger partial charge is 0.382 e. The molecule has 0 spiro atoms. The number of alkyl halides is 6. The molecule has 2 saturated heterocycles. The lowest BCUT2D eigenvalue weighted by atomic mass is 10.0. The maximum absolute atomic E-state index is 13.3. The summed E-state index contributed by atoms with van der Waals surface area (Å²) in [5.41, 5.74) is -2.89. The van der Waals surface area contributed by atoms with E-state index in [0.717, 1.165) is 24.3 Å². The molecule has 2 aliphatic rings. The van der Waals surface area contributed by atoms with Gasteiger partial charge in [-0.1, -0.05) is 0 Å². The van der Waals surface area contributed by atoms with E-state index in [1.165, 1.54) is 21.9 Å². The first-order valence-corrected chi connectivity index (χ1v) is 13.0. The third kappa shape index (κ3) is 7.10. The summed E-state index contributed by atoms with van der Waals surface area (Å²) >= 11 is 0. The lowest BCUT2D eigenvalue weighted by Gasteiger charge is -2.37. The molecule has 9 nitrogen and oxygen atoms in total. The second kappa shape index (κ2) is 12.3. The SMILES string of the molecule is N#Cc1ccc(N2CCN(C(=O)CC(=O)N3CCC(Nc4ccc(N=O)c(C(F)(F)F)c4)CC3)CC2)cc1C(F)(F)F. The zero-order valence-electron chi connectivity index (χ0n) is 22.1. The second-order valence-corrected chi connectivity index (χ2v) is 10.0. The Hall–Kier alpha value is -4.35. The Balaban J connectivity index is 1.25. The number of hydrogen-bond donors (Lipinski definition) is 1. The van der Waals surface area contributed by atoms with Gasteiger partial charge >= 0.3 is 12.4 Å². The monoisotopic (exact) mass is 596 g/mol. The molecule has 0 aliphatic carbocycles.